The van der Waals surface area contributed by atoms with Crippen LogP contribution in [0.15, 0.2) is 22.7 Å². The molecule has 2 atom stereocenters. The quantitative estimate of drug-likeness (QED) is 0.870. The number of rotatable bonds is 5. The van der Waals surface area contributed by atoms with Crippen molar-refractivity contribution >= 4 is 22.0 Å². The second kappa shape index (κ2) is 6.25. The fourth-order valence-electron chi connectivity index (χ4n) is 1.85. The first kappa shape index (κ1) is 14.1. The van der Waals surface area contributed by atoms with Crippen molar-refractivity contribution in [3.63, 3.8) is 0 Å². The van der Waals surface area contributed by atoms with Crippen molar-refractivity contribution in [1.29, 1.82) is 0 Å². The van der Waals surface area contributed by atoms with Crippen molar-refractivity contribution in [3.05, 3.63) is 28.2 Å². The minimum absolute atomic E-state index is 0.187. The normalized spacial score (nSPS) is 19.7. The molecule has 1 aromatic rings. The van der Waals surface area contributed by atoms with Crippen LogP contribution < -0.4 is 15.4 Å². The van der Waals surface area contributed by atoms with Crippen LogP contribution in [0, 0.1) is 0 Å². The first-order valence-electron chi connectivity index (χ1n) is 6.14. The number of carbonyl (C=O) groups is 1. The Morgan fingerprint density at radius 3 is 3.05 bits per heavy atom. The van der Waals surface area contributed by atoms with E-state index in [-0.39, 0.29) is 18.2 Å². The molecule has 104 valence electrons. The number of cyclic esters (lactones) is 1. The third kappa shape index (κ3) is 3.61. The Kier molecular flexibility index (Phi) is 4.66. The van der Waals surface area contributed by atoms with E-state index in [4.69, 9.17) is 9.47 Å². The highest BCUT2D eigenvalue weighted by atomic mass is 79.9. The van der Waals surface area contributed by atoms with Crippen LogP contribution in [0.4, 0.5) is 4.79 Å². The molecule has 0 saturated carbocycles. The molecule has 19 heavy (non-hydrogen) atoms. The SMILES string of the molecule is CNC(C)c1ccc(Br)cc1OCC1CNC(=O)O1. The average molecular weight is 329 g/mol. The predicted octanol–water partition coefficient (Wildman–Crippen LogP) is 2.22. The predicted molar refractivity (Wildman–Crippen MR) is 75.4 cm³/mol. The lowest BCUT2D eigenvalue weighted by Crippen LogP contribution is -2.23. The maximum Gasteiger partial charge on any atom is 0.407 e. The summed E-state index contributed by atoms with van der Waals surface area (Å²) < 4.78 is 11.8. The summed E-state index contributed by atoms with van der Waals surface area (Å²) in [5.74, 6) is 0.791. The van der Waals surface area contributed by atoms with Crippen LogP contribution >= 0.6 is 15.9 Å². The van der Waals surface area contributed by atoms with Gasteiger partial charge >= 0.3 is 6.09 Å². The maximum atomic E-state index is 10.9. The van der Waals surface area contributed by atoms with Gasteiger partial charge in [0.2, 0.25) is 0 Å². The lowest BCUT2D eigenvalue weighted by Gasteiger charge is -2.18. The van der Waals surface area contributed by atoms with Crippen molar-refractivity contribution in [2.75, 3.05) is 20.2 Å². The Morgan fingerprint density at radius 2 is 2.42 bits per heavy atom. The third-order valence-electron chi connectivity index (χ3n) is 3.05. The number of benzene rings is 1. The maximum absolute atomic E-state index is 10.9. The van der Waals surface area contributed by atoms with Crippen molar-refractivity contribution < 1.29 is 14.3 Å². The third-order valence-corrected chi connectivity index (χ3v) is 3.54. The molecule has 0 bridgehead atoms. The topological polar surface area (TPSA) is 59.6 Å². The summed E-state index contributed by atoms with van der Waals surface area (Å²) in [6.07, 6.45) is -0.615. The van der Waals surface area contributed by atoms with E-state index in [1.807, 2.05) is 25.2 Å². The standard InChI is InChI=1S/C13H17BrN2O3/c1-8(15-2)11-4-3-9(14)5-12(11)18-7-10-6-16-13(17)19-10/h3-5,8,10,15H,6-7H2,1-2H3,(H,16,17). The van der Waals surface area contributed by atoms with E-state index in [0.717, 1.165) is 15.8 Å². The summed E-state index contributed by atoms with van der Waals surface area (Å²) in [4.78, 5) is 10.9. The summed E-state index contributed by atoms with van der Waals surface area (Å²) in [5.41, 5.74) is 1.07. The molecule has 1 fully saturated rings. The van der Waals surface area contributed by atoms with Crippen molar-refractivity contribution in [2.45, 2.75) is 19.1 Å². The zero-order valence-corrected chi connectivity index (χ0v) is 12.5. The number of hydrogen-bond acceptors (Lipinski definition) is 4. The number of amides is 1. The van der Waals surface area contributed by atoms with Crippen LogP contribution in [0.5, 0.6) is 5.75 Å². The molecule has 1 heterocycles. The summed E-state index contributed by atoms with van der Waals surface area (Å²) in [6, 6.07) is 6.10. The molecule has 1 amide bonds. The van der Waals surface area contributed by atoms with Gasteiger partial charge in [-0.1, -0.05) is 22.0 Å². The van der Waals surface area contributed by atoms with Crippen molar-refractivity contribution in [1.82, 2.24) is 10.6 Å². The molecular weight excluding hydrogens is 312 g/mol. The fraction of sp³-hybridized carbons (Fsp3) is 0.462. The summed E-state index contributed by atoms with van der Waals surface area (Å²) in [6.45, 7) is 2.90. The lowest BCUT2D eigenvalue weighted by atomic mass is 10.1. The number of carbonyl (C=O) groups excluding carboxylic acids is 1. The Balaban J connectivity index is 2.05. The molecular formula is C13H17BrN2O3. The Hall–Kier alpha value is -1.27. The molecule has 5 nitrogen and oxygen atoms in total. The van der Waals surface area contributed by atoms with Crippen molar-refractivity contribution in [2.24, 2.45) is 0 Å². The van der Waals surface area contributed by atoms with Gasteiger partial charge in [0.05, 0.1) is 6.54 Å². The second-order valence-corrected chi connectivity index (χ2v) is 5.33. The molecule has 1 aliphatic heterocycles. The summed E-state index contributed by atoms with van der Waals surface area (Å²) in [7, 11) is 1.90. The zero-order chi connectivity index (χ0) is 13.8. The van der Waals surface area contributed by atoms with E-state index in [1.165, 1.54) is 0 Å². The van der Waals surface area contributed by atoms with Gasteiger partial charge in [-0.15, -0.1) is 0 Å². The van der Waals surface area contributed by atoms with Gasteiger partial charge in [0.25, 0.3) is 0 Å². The number of ether oxygens (including phenoxy) is 2. The van der Waals surface area contributed by atoms with Crippen LogP contribution in [0.25, 0.3) is 0 Å². The lowest BCUT2D eigenvalue weighted by molar-refractivity contribution is 0.104. The van der Waals surface area contributed by atoms with Gasteiger partial charge in [0.1, 0.15) is 12.4 Å². The largest absolute Gasteiger partial charge is 0.489 e. The molecule has 1 aromatic carbocycles. The Bertz CT molecular complexity index is 467. The van der Waals surface area contributed by atoms with Gasteiger partial charge in [-0.2, -0.15) is 0 Å². The van der Waals surface area contributed by atoms with E-state index in [0.29, 0.717) is 13.2 Å². The number of hydrogen-bond donors (Lipinski definition) is 2. The molecule has 0 aliphatic carbocycles. The van der Waals surface area contributed by atoms with Crippen LogP contribution in [-0.4, -0.2) is 32.4 Å². The van der Waals surface area contributed by atoms with Crippen LogP contribution in [0.2, 0.25) is 0 Å². The Morgan fingerprint density at radius 1 is 1.63 bits per heavy atom. The number of halogens is 1. The van der Waals surface area contributed by atoms with Crippen molar-refractivity contribution in [3.8, 4) is 5.75 Å². The molecule has 1 saturated heterocycles. The zero-order valence-electron chi connectivity index (χ0n) is 10.9. The monoisotopic (exact) mass is 328 g/mol. The molecule has 0 radical (unpaired) electrons. The molecule has 2 N–H and O–H groups in total. The van der Waals surface area contributed by atoms with Gasteiger partial charge in [-0.25, -0.2) is 4.79 Å². The number of nitrogens with one attached hydrogen (secondary N) is 2. The van der Waals surface area contributed by atoms with Crippen LogP contribution in [0.1, 0.15) is 18.5 Å². The van der Waals surface area contributed by atoms with E-state index < -0.39 is 0 Å². The van der Waals surface area contributed by atoms with Gasteiger partial charge < -0.3 is 20.1 Å². The first-order chi connectivity index (χ1) is 9.10. The molecule has 6 heteroatoms. The molecule has 2 unspecified atom stereocenters. The molecule has 1 aliphatic rings. The average Bonchev–Trinajstić information content (AvgIpc) is 2.81. The second-order valence-electron chi connectivity index (χ2n) is 4.41. The van der Waals surface area contributed by atoms with E-state index in [9.17, 15) is 4.79 Å². The molecule has 0 spiro atoms. The fourth-order valence-corrected chi connectivity index (χ4v) is 2.19. The molecule has 0 aromatic heterocycles. The van der Waals surface area contributed by atoms with Gasteiger partial charge in [-0.05, 0) is 26.1 Å². The van der Waals surface area contributed by atoms with Gasteiger partial charge in [0.15, 0.2) is 6.10 Å². The minimum Gasteiger partial charge on any atom is -0.489 e. The van der Waals surface area contributed by atoms with Gasteiger partial charge in [-0.3, -0.25) is 0 Å². The highest BCUT2D eigenvalue weighted by Crippen LogP contribution is 2.28. The Labute approximate surface area is 120 Å². The van der Waals surface area contributed by atoms with E-state index >= 15 is 0 Å². The van der Waals surface area contributed by atoms with E-state index in [2.05, 4.69) is 33.5 Å². The van der Waals surface area contributed by atoms with E-state index in [1.54, 1.807) is 0 Å². The molecule has 2 rings (SSSR count). The van der Waals surface area contributed by atoms with Crippen LogP contribution in [-0.2, 0) is 4.74 Å². The highest BCUT2D eigenvalue weighted by Gasteiger charge is 2.23. The minimum atomic E-state index is -0.383. The number of alkyl carbamates (subject to hydrolysis) is 1. The first-order valence-corrected chi connectivity index (χ1v) is 6.93. The highest BCUT2D eigenvalue weighted by molar-refractivity contribution is 9.10. The smallest absolute Gasteiger partial charge is 0.407 e. The van der Waals surface area contributed by atoms with Gasteiger partial charge in [0, 0.05) is 16.1 Å². The van der Waals surface area contributed by atoms with Crippen LogP contribution in [0.3, 0.4) is 0 Å². The summed E-state index contributed by atoms with van der Waals surface area (Å²) in [5, 5.41) is 5.79. The summed E-state index contributed by atoms with van der Waals surface area (Å²) >= 11 is 3.43.